The van der Waals surface area contributed by atoms with Crippen molar-refractivity contribution in [2.75, 3.05) is 19.4 Å². The van der Waals surface area contributed by atoms with Crippen molar-refractivity contribution in [2.45, 2.75) is 0 Å². The van der Waals surface area contributed by atoms with Gasteiger partial charge in [-0.2, -0.15) is 0 Å². The van der Waals surface area contributed by atoms with E-state index in [9.17, 15) is 9.59 Å². The van der Waals surface area contributed by atoms with Crippen LogP contribution >= 0.6 is 27.3 Å². The Morgan fingerprint density at radius 1 is 1.15 bits per heavy atom. The number of hydrogen-bond acceptors (Lipinski definition) is 3. The highest BCUT2D eigenvalue weighted by molar-refractivity contribution is 9.10. The van der Waals surface area contributed by atoms with Crippen LogP contribution in [0, 0.1) is 0 Å². The van der Waals surface area contributed by atoms with Crippen molar-refractivity contribution in [1.29, 1.82) is 0 Å². The number of anilines is 1. The maximum atomic E-state index is 12.0. The summed E-state index contributed by atoms with van der Waals surface area (Å²) >= 11 is 4.70. The van der Waals surface area contributed by atoms with Gasteiger partial charge in [0, 0.05) is 29.8 Å². The molecule has 0 aliphatic rings. The third kappa shape index (κ3) is 3.26. The standard InChI is InChI=1S/C14H13BrN2O2S/c1-17(2)14(19)9-3-5-10(6-4-9)16-13(18)12-11(15)7-8-20-12/h3-8H,1-2H3,(H,16,18). The fourth-order valence-corrected chi connectivity index (χ4v) is 3.04. The molecule has 0 bridgehead atoms. The molecule has 0 spiro atoms. The second-order valence-corrected chi connectivity index (χ2v) is 6.10. The maximum absolute atomic E-state index is 12.0. The first-order valence-corrected chi connectivity index (χ1v) is 7.52. The van der Waals surface area contributed by atoms with E-state index in [0.29, 0.717) is 16.1 Å². The number of benzene rings is 1. The lowest BCUT2D eigenvalue weighted by Crippen LogP contribution is -2.21. The van der Waals surface area contributed by atoms with Crippen molar-refractivity contribution >= 4 is 44.8 Å². The minimum atomic E-state index is -0.168. The Labute approximate surface area is 129 Å². The Balaban J connectivity index is 2.10. The van der Waals surface area contributed by atoms with E-state index in [1.165, 1.54) is 16.2 Å². The molecule has 2 amide bonds. The molecule has 0 unspecified atom stereocenters. The molecule has 1 N–H and O–H groups in total. The van der Waals surface area contributed by atoms with E-state index in [2.05, 4.69) is 21.2 Å². The molecule has 0 radical (unpaired) electrons. The summed E-state index contributed by atoms with van der Waals surface area (Å²) in [5.74, 6) is -0.234. The zero-order chi connectivity index (χ0) is 14.7. The summed E-state index contributed by atoms with van der Waals surface area (Å²) in [6.07, 6.45) is 0. The van der Waals surface area contributed by atoms with Gasteiger partial charge in [-0.15, -0.1) is 11.3 Å². The van der Waals surface area contributed by atoms with Gasteiger partial charge >= 0.3 is 0 Å². The average molecular weight is 353 g/mol. The van der Waals surface area contributed by atoms with Crippen molar-refractivity contribution in [3.05, 3.63) is 50.6 Å². The Morgan fingerprint density at radius 2 is 1.80 bits per heavy atom. The van der Waals surface area contributed by atoms with Crippen molar-refractivity contribution in [2.24, 2.45) is 0 Å². The molecular formula is C14H13BrN2O2S. The Morgan fingerprint density at radius 3 is 2.30 bits per heavy atom. The molecule has 0 fully saturated rings. The number of nitrogens with one attached hydrogen (secondary N) is 1. The van der Waals surface area contributed by atoms with Crippen LogP contribution in [-0.2, 0) is 0 Å². The van der Waals surface area contributed by atoms with Gasteiger partial charge in [0.25, 0.3) is 11.8 Å². The van der Waals surface area contributed by atoms with Crippen molar-refractivity contribution in [3.8, 4) is 0 Å². The molecule has 6 heteroatoms. The van der Waals surface area contributed by atoms with Crippen LogP contribution in [0.1, 0.15) is 20.0 Å². The molecule has 0 saturated carbocycles. The van der Waals surface area contributed by atoms with E-state index in [-0.39, 0.29) is 11.8 Å². The van der Waals surface area contributed by atoms with E-state index in [0.717, 1.165) is 4.47 Å². The van der Waals surface area contributed by atoms with Gasteiger partial charge in [0.05, 0.1) is 0 Å². The predicted molar refractivity (Wildman–Crippen MR) is 84.4 cm³/mol. The van der Waals surface area contributed by atoms with Gasteiger partial charge in [-0.1, -0.05) is 0 Å². The van der Waals surface area contributed by atoms with Crippen LogP contribution in [0.15, 0.2) is 40.2 Å². The summed E-state index contributed by atoms with van der Waals surface area (Å²) < 4.78 is 0.777. The van der Waals surface area contributed by atoms with Gasteiger partial charge in [0.2, 0.25) is 0 Å². The number of amides is 2. The first kappa shape index (κ1) is 14.7. The number of carbonyl (C=O) groups excluding carboxylic acids is 2. The van der Waals surface area contributed by atoms with E-state index in [1.54, 1.807) is 38.4 Å². The molecule has 4 nitrogen and oxygen atoms in total. The molecule has 1 aromatic carbocycles. The molecule has 0 aliphatic heterocycles. The number of rotatable bonds is 3. The Hall–Kier alpha value is -1.66. The van der Waals surface area contributed by atoms with Crippen LogP contribution in [0.3, 0.4) is 0 Å². The lowest BCUT2D eigenvalue weighted by molar-refractivity contribution is 0.0827. The van der Waals surface area contributed by atoms with Gasteiger partial charge < -0.3 is 10.2 Å². The fraction of sp³-hybridized carbons (Fsp3) is 0.143. The Bertz CT molecular complexity index is 635. The monoisotopic (exact) mass is 352 g/mol. The summed E-state index contributed by atoms with van der Waals surface area (Å²) in [5.41, 5.74) is 1.25. The zero-order valence-corrected chi connectivity index (χ0v) is 13.4. The number of halogens is 1. The van der Waals surface area contributed by atoms with Crippen LogP contribution < -0.4 is 5.32 Å². The van der Waals surface area contributed by atoms with Crippen LogP contribution in [0.25, 0.3) is 0 Å². The number of thiophene rings is 1. The molecular weight excluding hydrogens is 340 g/mol. The second-order valence-electron chi connectivity index (χ2n) is 4.33. The molecule has 2 rings (SSSR count). The van der Waals surface area contributed by atoms with Crippen LogP contribution in [0.2, 0.25) is 0 Å². The van der Waals surface area contributed by atoms with Gasteiger partial charge in [0.15, 0.2) is 0 Å². The minimum Gasteiger partial charge on any atom is -0.345 e. The summed E-state index contributed by atoms with van der Waals surface area (Å²) in [7, 11) is 3.40. The van der Waals surface area contributed by atoms with Crippen molar-refractivity contribution in [1.82, 2.24) is 4.90 Å². The predicted octanol–water partition coefficient (Wildman–Crippen LogP) is 3.46. The van der Waals surface area contributed by atoms with Gasteiger partial charge in [-0.05, 0) is 51.6 Å². The number of hydrogen-bond donors (Lipinski definition) is 1. The lowest BCUT2D eigenvalue weighted by atomic mass is 10.2. The second kappa shape index (κ2) is 6.19. The molecule has 0 atom stereocenters. The highest BCUT2D eigenvalue weighted by atomic mass is 79.9. The molecule has 1 heterocycles. The summed E-state index contributed by atoms with van der Waals surface area (Å²) in [4.78, 5) is 25.9. The van der Waals surface area contributed by atoms with E-state index < -0.39 is 0 Å². The maximum Gasteiger partial charge on any atom is 0.266 e. The van der Waals surface area contributed by atoms with Crippen LogP contribution in [0.5, 0.6) is 0 Å². The third-order valence-corrected chi connectivity index (χ3v) is 4.46. The summed E-state index contributed by atoms with van der Waals surface area (Å²) in [5, 5.41) is 4.64. The smallest absolute Gasteiger partial charge is 0.266 e. The first-order valence-electron chi connectivity index (χ1n) is 5.85. The zero-order valence-electron chi connectivity index (χ0n) is 11.0. The molecule has 104 valence electrons. The van der Waals surface area contributed by atoms with E-state index in [4.69, 9.17) is 0 Å². The Kier molecular flexibility index (Phi) is 4.57. The highest BCUT2D eigenvalue weighted by Crippen LogP contribution is 2.23. The highest BCUT2D eigenvalue weighted by Gasteiger charge is 2.12. The topological polar surface area (TPSA) is 49.4 Å². The molecule has 1 aromatic heterocycles. The number of carbonyl (C=O) groups is 2. The third-order valence-electron chi connectivity index (χ3n) is 2.62. The lowest BCUT2D eigenvalue weighted by Gasteiger charge is -2.10. The van der Waals surface area contributed by atoms with Crippen LogP contribution in [0.4, 0.5) is 5.69 Å². The van der Waals surface area contributed by atoms with E-state index >= 15 is 0 Å². The average Bonchev–Trinajstić information content (AvgIpc) is 2.85. The van der Waals surface area contributed by atoms with Crippen molar-refractivity contribution < 1.29 is 9.59 Å². The summed E-state index contributed by atoms with van der Waals surface area (Å²) in [6, 6.07) is 8.66. The van der Waals surface area contributed by atoms with E-state index in [1.807, 2.05) is 11.4 Å². The molecule has 2 aromatic rings. The number of nitrogens with zero attached hydrogens (tertiary/aromatic N) is 1. The van der Waals surface area contributed by atoms with Crippen molar-refractivity contribution in [3.63, 3.8) is 0 Å². The van der Waals surface area contributed by atoms with Gasteiger partial charge in [-0.3, -0.25) is 9.59 Å². The van der Waals surface area contributed by atoms with Gasteiger partial charge in [0.1, 0.15) is 4.88 Å². The fourth-order valence-electron chi connectivity index (χ4n) is 1.60. The SMILES string of the molecule is CN(C)C(=O)c1ccc(NC(=O)c2sccc2Br)cc1. The quantitative estimate of drug-likeness (QED) is 0.919. The largest absolute Gasteiger partial charge is 0.345 e. The normalized spacial score (nSPS) is 10.2. The minimum absolute atomic E-state index is 0.0659. The molecule has 20 heavy (non-hydrogen) atoms. The first-order chi connectivity index (χ1) is 9.49. The summed E-state index contributed by atoms with van der Waals surface area (Å²) in [6.45, 7) is 0. The molecule has 0 saturated heterocycles. The van der Waals surface area contributed by atoms with Gasteiger partial charge in [-0.25, -0.2) is 0 Å². The molecule has 0 aliphatic carbocycles. The van der Waals surface area contributed by atoms with Crippen LogP contribution in [-0.4, -0.2) is 30.8 Å².